The first-order chi connectivity index (χ1) is 14.0. The van der Waals surface area contributed by atoms with Gasteiger partial charge in [-0.3, -0.25) is 0 Å². The highest BCUT2D eigenvalue weighted by Gasteiger charge is 2.28. The molecule has 11 heteroatoms. The summed E-state index contributed by atoms with van der Waals surface area (Å²) in [7, 11) is 0. The van der Waals surface area contributed by atoms with E-state index < -0.39 is 24.5 Å². The maximum Gasteiger partial charge on any atom is 0.422 e. The first-order valence-corrected chi connectivity index (χ1v) is 9.62. The largest absolute Gasteiger partial charge is 0.468 e. The molecule has 0 aliphatic rings. The van der Waals surface area contributed by atoms with Gasteiger partial charge < -0.3 is 25.4 Å². The second-order valence-electron chi connectivity index (χ2n) is 7.31. The Labute approximate surface area is 174 Å². The van der Waals surface area contributed by atoms with Gasteiger partial charge in [0.05, 0.1) is 6.54 Å². The van der Waals surface area contributed by atoms with Crippen molar-refractivity contribution < 1.29 is 27.4 Å². The number of carbonyl (C=O) groups is 1. The number of ether oxygens (including phenoxy) is 2. The van der Waals surface area contributed by atoms with E-state index in [0.717, 1.165) is 5.56 Å². The highest BCUT2D eigenvalue weighted by molar-refractivity contribution is 5.79. The van der Waals surface area contributed by atoms with E-state index in [-0.39, 0.29) is 12.4 Å². The normalized spacial score (nSPS) is 12.3. The molecule has 0 aromatic carbocycles. The lowest BCUT2D eigenvalue weighted by atomic mass is 10.2. The minimum absolute atomic E-state index is 0.0948. The van der Waals surface area contributed by atoms with Gasteiger partial charge in [-0.25, -0.2) is 14.8 Å². The Balaban J connectivity index is 2.40. The molecule has 0 bridgehead atoms. The molecule has 1 heterocycles. The van der Waals surface area contributed by atoms with Gasteiger partial charge in [0.1, 0.15) is 5.60 Å². The maximum absolute atomic E-state index is 12.1. The molecule has 170 valence electrons. The average Bonchev–Trinajstić information content (AvgIpc) is 2.63. The van der Waals surface area contributed by atoms with Crippen molar-refractivity contribution in [2.24, 2.45) is 4.99 Å². The van der Waals surface area contributed by atoms with Crippen LogP contribution in [0, 0.1) is 0 Å². The van der Waals surface area contributed by atoms with Crippen molar-refractivity contribution in [2.75, 3.05) is 26.2 Å². The Kier molecular flexibility index (Phi) is 10.2. The highest BCUT2D eigenvalue weighted by atomic mass is 19.4. The number of alkyl halides is 3. The lowest BCUT2D eigenvalue weighted by Gasteiger charge is -2.19. The molecule has 0 saturated carbocycles. The number of pyridine rings is 1. The Morgan fingerprint density at radius 1 is 1.13 bits per heavy atom. The van der Waals surface area contributed by atoms with Crippen molar-refractivity contribution in [3.8, 4) is 5.88 Å². The first-order valence-electron chi connectivity index (χ1n) is 9.62. The number of halogens is 3. The Hall–Kier alpha value is -2.72. The summed E-state index contributed by atoms with van der Waals surface area (Å²) < 4.78 is 46.2. The van der Waals surface area contributed by atoms with Gasteiger partial charge in [0.2, 0.25) is 5.88 Å². The van der Waals surface area contributed by atoms with Crippen LogP contribution in [0.1, 0.15) is 39.7 Å². The lowest BCUT2D eigenvalue weighted by Crippen LogP contribution is -2.39. The first kappa shape index (κ1) is 25.3. The second-order valence-corrected chi connectivity index (χ2v) is 7.31. The third kappa shape index (κ3) is 12.7. The van der Waals surface area contributed by atoms with Gasteiger partial charge in [0, 0.05) is 31.9 Å². The molecule has 0 saturated heterocycles. The van der Waals surface area contributed by atoms with E-state index in [9.17, 15) is 18.0 Å². The van der Waals surface area contributed by atoms with Crippen LogP contribution < -0.4 is 20.7 Å². The van der Waals surface area contributed by atoms with Crippen LogP contribution in [0.15, 0.2) is 23.3 Å². The van der Waals surface area contributed by atoms with E-state index in [0.29, 0.717) is 32.0 Å². The van der Waals surface area contributed by atoms with E-state index in [2.05, 4.69) is 30.7 Å². The number of alkyl carbamates (subject to hydrolysis) is 1. The number of hydrogen-bond donors (Lipinski definition) is 3. The van der Waals surface area contributed by atoms with Crippen molar-refractivity contribution in [2.45, 2.75) is 52.4 Å². The van der Waals surface area contributed by atoms with E-state index in [1.165, 1.54) is 12.3 Å². The van der Waals surface area contributed by atoms with Crippen molar-refractivity contribution in [1.82, 2.24) is 20.9 Å². The summed E-state index contributed by atoms with van der Waals surface area (Å²) in [6.07, 6.45) is -2.78. The fourth-order valence-electron chi connectivity index (χ4n) is 2.06. The van der Waals surface area contributed by atoms with Crippen molar-refractivity contribution in [3.63, 3.8) is 0 Å². The molecule has 0 fully saturated rings. The van der Waals surface area contributed by atoms with Crippen LogP contribution in [0.2, 0.25) is 0 Å². The third-order valence-corrected chi connectivity index (χ3v) is 3.26. The summed E-state index contributed by atoms with van der Waals surface area (Å²) in [5.74, 6) is 0.481. The van der Waals surface area contributed by atoms with Gasteiger partial charge in [-0.15, -0.1) is 0 Å². The van der Waals surface area contributed by atoms with Crippen LogP contribution in [-0.2, 0) is 11.3 Å². The van der Waals surface area contributed by atoms with Gasteiger partial charge >= 0.3 is 12.3 Å². The topological polar surface area (TPSA) is 96.9 Å². The van der Waals surface area contributed by atoms with Crippen LogP contribution in [0.25, 0.3) is 0 Å². The zero-order valence-corrected chi connectivity index (χ0v) is 17.7. The molecule has 0 radical (unpaired) electrons. The molecule has 0 atom stereocenters. The van der Waals surface area contributed by atoms with E-state index >= 15 is 0 Å². The van der Waals surface area contributed by atoms with Crippen LogP contribution in [0.4, 0.5) is 18.0 Å². The zero-order valence-electron chi connectivity index (χ0n) is 17.7. The second kappa shape index (κ2) is 12.1. The standard InChI is InChI=1S/C19H30F3N5O3/c1-5-23-16(24-9-6-10-25-17(28)30-18(2,3)4)27-12-14-7-8-15(26-11-14)29-13-19(20,21)22/h7-8,11H,5-6,9-10,12-13H2,1-4H3,(H,25,28)(H2,23,24,27). The number of rotatable bonds is 9. The molecule has 0 spiro atoms. The van der Waals surface area contributed by atoms with E-state index in [4.69, 9.17) is 4.74 Å². The Morgan fingerprint density at radius 3 is 2.40 bits per heavy atom. The van der Waals surface area contributed by atoms with Gasteiger partial charge in [-0.05, 0) is 39.7 Å². The smallest absolute Gasteiger partial charge is 0.422 e. The van der Waals surface area contributed by atoms with E-state index in [1.807, 2.05) is 6.92 Å². The number of aromatic nitrogens is 1. The Bertz CT molecular complexity index is 673. The molecule has 1 aromatic rings. The molecule has 0 unspecified atom stereocenters. The molecule has 1 rings (SSSR count). The summed E-state index contributed by atoms with van der Waals surface area (Å²) >= 11 is 0. The monoisotopic (exact) mass is 433 g/mol. The highest BCUT2D eigenvalue weighted by Crippen LogP contribution is 2.17. The van der Waals surface area contributed by atoms with Crippen LogP contribution >= 0.6 is 0 Å². The fourth-order valence-corrected chi connectivity index (χ4v) is 2.06. The average molecular weight is 433 g/mol. The van der Waals surface area contributed by atoms with Gasteiger partial charge in [0.25, 0.3) is 0 Å². The fraction of sp³-hybridized carbons (Fsp3) is 0.632. The van der Waals surface area contributed by atoms with Crippen LogP contribution in [0.3, 0.4) is 0 Å². The Morgan fingerprint density at radius 2 is 1.83 bits per heavy atom. The molecule has 0 aliphatic carbocycles. The molecule has 8 nitrogen and oxygen atoms in total. The summed E-state index contributed by atoms with van der Waals surface area (Å²) in [6, 6.07) is 2.98. The molecule has 1 aromatic heterocycles. The number of nitrogens with zero attached hydrogens (tertiary/aromatic N) is 2. The molecule has 30 heavy (non-hydrogen) atoms. The number of aliphatic imine (C=N–C) groups is 1. The lowest BCUT2D eigenvalue weighted by molar-refractivity contribution is -0.154. The maximum atomic E-state index is 12.1. The number of amides is 1. The predicted molar refractivity (Wildman–Crippen MR) is 107 cm³/mol. The number of guanidine groups is 1. The van der Waals surface area contributed by atoms with Crippen LogP contribution in [0.5, 0.6) is 5.88 Å². The minimum atomic E-state index is -4.40. The molecule has 3 N–H and O–H groups in total. The zero-order chi connectivity index (χ0) is 22.6. The number of nitrogens with one attached hydrogen (secondary N) is 3. The van der Waals surface area contributed by atoms with E-state index in [1.54, 1.807) is 26.8 Å². The van der Waals surface area contributed by atoms with Gasteiger partial charge in [-0.1, -0.05) is 6.07 Å². The SMILES string of the molecule is CCNC(=NCc1ccc(OCC(F)(F)F)nc1)NCCCNC(=O)OC(C)(C)C. The predicted octanol–water partition coefficient (Wildman–Crippen LogP) is 2.99. The van der Waals surface area contributed by atoms with Gasteiger partial charge in [0.15, 0.2) is 12.6 Å². The molecular weight excluding hydrogens is 403 g/mol. The number of hydrogen-bond acceptors (Lipinski definition) is 5. The molecule has 1 amide bonds. The van der Waals surface area contributed by atoms with Gasteiger partial charge in [-0.2, -0.15) is 13.2 Å². The molecule has 0 aliphatic heterocycles. The van der Waals surface area contributed by atoms with Crippen molar-refractivity contribution in [1.29, 1.82) is 0 Å². The number of carbonyl (C=O) groups excluding carboxylic acids is 1. The minimum Gasteiger partial charge on any atom is -0.468 e. The third-order valence-electron chi connectivity index (χ3n) is 3.26. The van der Waals surface area contributed by atoms with Crippen molar-refractivity contribution in [3.05, 3.63) is 23.9 Å². The summed E-state index contributed by atoms with van der Waals surface area (Å²) in [4.78, 5) is 19.8. The van der Waals surface area contributed by atoms with Crippen LogP contribution in [-0.4, -0.2) is 55.1 Å². The van der Waals surface area contributed by atoms with Crippen molar-refractivity contribution >= 4 is 12.1 Å². The summed E-state index contributed by atoms with van der Waals surface area (Å²) in [5.41, 5.74) is 0.184. The molecular formula is C19H30F3N5O3. The summed E-state index contributed by atoms with van der Waals surface area (Å²) in [5, 5.41) is 8.90. The summed E-state index contributed by atoms with van der Waals surface area (Å²) in [6.45, 7) is 7.91. The quantitative estimate of drug-likeness (QED) is 0.315.